The lowest BCUT2D eigenvalue weighted by Gasteiger charge is -2.24. The number of hydrogen-bond acceptors (Lipinski definition) is 4. The molecule has 1 aromatic heterocycles. The van der Waals surface area contributed by atoms with Crippen molar-refractivity contribution in [2.45, 2.75) is 63.7 Å². The molecule has 1 aliphatic carbocycles. The summed E-state index contributed by atoms with van der Waals surface area (Å²) in [7, 11) is 0. The number of nitrogens with one attached hydrogen (secondary N) is 2. The molecule has 1 unspecified atom stereocenters. The van der Waals surface area contributed by atoms with E-state index in [0.717, 1.165) is 29.8 Å². The van der Waals surface area contributed by atoms with E-state index in [2.05, 4.69) is 22.4 Å². The van der Waals surface area contributed by atoms with Crippen molar-refractivity contribution in [1.82, 2.24) is 20.1 Å². The summed E-state index contributed by atoms with van der Waals surface area (Å²) in [4.78, 5) is 11.6. The molecule has 0 aliphatic heterocycles. The molecule has 1 aromatic rings. The Hall–Kier alpha value is -0.750. The van der Waals surface area contributed by atoms with Crippen molar-refractivity contribution in [1.29, 1.82) is 0 Å². The molecule has 0 amide bonds. The maximum Gasteiger partial charge on any atom is 0.343 e. The first-order valence-corrected chi connectivity index (χ1v) is 8.76. The maximum absolute atomic E-state index is 11.6. The van der Waals surface area contributed by atoms with Crippen LogP contribution in [-0.2, 0) is 6.54 Å². The molecule has 0 spiro atoms. The second-order valence-corrected chi connectivity index (χ2v) is 6.46. The van der Waals surface area contributed by atoms with Crippen LogP contribution in [0.4, 0.5) is 0 Å². The van der Waals surface area contributed by atoms with E-state index in [0.29, 0.717) is 12.6 Å². The van der Waals surface area contributed by atoms with E-state index in [1.54, 1.807) is 16.3 Å². The SMILES string of the molecule is CCCNC(CSc1n[nH]c(=O)n1CC)C1CCCC1. The predicted molar refractivity (Wildman–Crippen MR) is 83.3 cm³/mol. The van der Waals surface area contributed by atoms with Gasteiger partial charge in [-0.05, 0) is 38.6 Å². The average Bonchev–Trinajstić information content (AvgIpc) is 3.09. The van der Waals surface area contributed by atoms with Gasteiger partial charge in [0, 0.05) is 18.3 Å². The lowest BCUT2D eigenvalue weighted by Crippen LogP contribution is -2.38. The van der Waals surface area contributed by atoms with Gasteiger partial charge in [0.25, 0.3) is 0 Å². The fraction of sp³-hybridized carbons (Fsp3) is 0.857. The van der Waals surface area contributed by atoms with E-state index in [9.17, 15) is 4.79 Å². The van der Waals surface area contributed by atoms with Crippen molar-refractivity contribution in [2.75, 3.05) is 12.3 Å². The molecule has 1 atom stereocenters. The number of rotatable bonds is 8. The Kier molecular flexibility index (Phi) is 6.16. The summed E-state index contributed by atoms with van der Waals surface area (Å²) < 4.78 is 1.70. The van der Waals surface area contributed by atoms with Gasteiger partial charge in [-0.15, -0.1) is 5.10 Å². The quantitative estimate of drug-likeness (QED) is 0.723. The largest absolute Gasteiger partial charge is 0.343 e. The molecule has 1 fully saturated rings. The fourth-order valence-electron chi connectivity index (χ4n) is 2.91. The summed E-state index contributed by atoms with van der Waals surface area (Å²) in [5, 5.41) is 11.2. The van der Waals surface area contributed by atoms with Crippen LogP contribution >= 0.6 is 11.8 Å². The Morgan fingerprint density at radius 2 is 2.20 bits per heavy atom. The molecular weight excluding hydrogens is 272 g/mol. The molecule has 6 heteroatoms. The third kappa shape index (κ3) is 3.88. The average molecular weight is 298 g/mol. The van der Waals surface area contributed by atoms with E-state index < -0.39 is 0 Å². The first kappa shape index (κ1) is 15.6. The van der Waals surface area contributed by atoms with Crippen LogP contribution in [-0.4, -0.2) is 33.1 Å². The normalized spacial score (nSPS) is 17.7. The van der Waals surface area contributed by atoms with Gasteiger partial charge in [-0.3, -0.25) is 4.57 Å². The molecule has 2 rings (SSSR count). The monoisotopic (exact) mass is 298 g/mol. The number of aromatic nitrogens is 3. The molecule has 1 aliphatic rings. The second-order valence-electron chi connectivity index (χ2n) is 5.47. The summed E-state index contributed by atoms with van der Waals surface area (Å²) in [5.41, 5.74) is -0.103. The van der Waals surface area contributed by atoms with Crippen molar-refractivity contribution < 1.29 is 0 Å². The minimum absolute atomic E-state index is 0.103. The van der Waals surface area contributed by atoms with Gasteiger partial charge in [0.2, 0.25) is 0 Å². The molecular formula is C14H26N4OS. The van der Waals surface area contributed by atoms with E-state index >= 15 is 0 Å². The summed E-state index contributed by atoms with van der Waals surface area (Å²) in [6, 6.07) is 0.541. The summed E-state index contributed by atoms with van der Waals surface area (Å²) in [5.74, 6) is 1.78. The number of nitrogens with zero attached hydrogens (tertiary/aromatic N) is 2. The number of H-pyrrole nitrogens is 1. The molecule has 5 nitrogen and oxygen atoms in total. The van der Waals surface area contributed by atoms with Gasteiger partial charge in [0.05, 0.1) is 0 Å². The zero-order valence-corrected chi connectivity index (χ0v) is 13.3. The molecule has 114 valence electrons. The van der Waals surface area contributed by atoms with Crippen LogP contribution in [0.5, 0.6) is 0 Å². The van der Waals surface area contributed by atoms with Crippen LogP contribution in [0.3, 0.4) is 0 Å². The van der Waals surface area contributed by atoms with E-state index in [1.807, 2.05) is 6.92 Å². The highest BCUT2D eigenvalue weighted by Crippen LogP contribution is 2.30. The van der Waals surface area contributed by atoms with Gasteiger partial charge in [0.15, 0.2) is 5.16 Å². The zero-order valence-electron chi connectivity index (χ0n) is 12.5. The van der Waals surface area contributed by atoms with Gasteiger partial charge in [-0.1, -0.05) is 31.5 Å². The van der Waals surface area contributed by atoms with Crippen LogP contribution in [0, 0.1) is 5.92 Å². The highest BCUT2D eigenvalue weighted by Gasteiger charge is 2.25. The van der Waals surface area contributed by atoms with Crippen LogP contribution in [0.1, 0.15) is 46.0 Å². The highest BCUT2D eigenvalue weighted by atomic mass is 32.2. The number of aromatic amines is 1. The van der Waals surface area contributed by atoms with Crippen molar-refractivity contribution >= 4 is 11.8 Å². The third-order valence-electron chi connectivity index (χ3n) is 4.06. The molecule has 1 heterocycles. The minimum Gasteiger partial charge on any atom is -0.313 e. The van der Waals surface area contributed by atoms with Crippen molar-refractivity contribution in [3.63, 3.8) is 0 Å². The topological polar surface area (TPSA) is 62.7 Å². The molecule has 0 bridgehead atoms. The first-order valence-electron chi connectivity index (χ1n) is 7.77. The van der Waals surface area contributed by atoms with Gasteiger partial charge in [-0.25, -0.2) is 9.89 Å². The highest BCUT2D eigenvalue weighted by molar-refractivity contribution is 7.99. The van der Waals surface area contributed by atoms with Crippen molar-refractivity contribution in [3.05, 3.63) is 10.5 Å². The predicted octanol–water partition coefficient (Wildman–Crippen LogP) is 2.24. The molecule has 1 saturated carbocycles. The third-order valence-corrected chi connectivity index (χ3v) is 5.15. The van der Waals surface area contributed by atoms with E-state index in [1.165, 1.54) is 25.7 Å². The zero-order chi connectivity index (χ0) is 14.4. The Balaban J connectivity index is 1.94. The molecule has 20 heavy (non-hydrogen) atoms. The van der Waals surface area contributed by atoms with Crippen LogP contribution in [0.25, 0.3) is 0 Å². The molecule has 0 radical (unpaired) electrons. The van der Waals surface area contributed by atoms with Crippen LogP contribution in [0.2, 0.25) is 0 Å². The van der Waals surface area contributed by atoms with E-state index in [4.69, 9.17) is 0 Å². The van der Waals surface area contributed by atoms with Gasteiger partial charge in [-0.2, -0.15) is 0 Å². The second kappa shape index (κ2) is 7.88. The lowest BCUT2D eigenvalue weighted by molar-refractivity contribution is 0.387. The van der Waals surface area contributed by atoms with Crippen LogP contribution < -0.4 is 11.0 Å². The Morgan fingerprint density at radius 1 is 1.45 bits per heavy atom. The summed E-state index contributed by atoms with van der Waals surface area (Å²) in [6.45, 7) is 5.93. The summed E-state index contributed by atoms with van der Waals surface area (Å²) in [6.07, 6.45) is 6.56. The van der Waals surface area contributed by atoms with E-state index in [-0.39, 0.29) is 5.69 Å². The molecule has 0 aromatic carbocycles. The van der Waals surface area contributed by atoms with Crippen molar-refractivity contribution in [2.24, 2.45) is 5.92 Å². The van der Waals surface area contributed by atoms with Gasteiger partial charge in [0.1, 0.15) is 0 Å². The van der Waals surface area contributed by atoms with Crippen LogP contribution in [0.15, 0.2) is 9.95 Å². The van der Waals surface area contributed by atoms with Crippen molar-refractivity contribution in [3.8, 4) is 0 Å². The Morgan fingerprint density at radius 3 is 2.85 bits per heavy atom. The van der Waals surface area contributed by atoms with Gasteiger partial charge < -0.3 is 5.32 Å². The Bertz CT molecular complexity index is 450. The lowest BCUT2D eigenvalue weighted by atomic mass is 10.00. The molecule has 2 N–H and O–H groups in total. The summed E-state index contributed by atoms with van der Waals surface area (Å²) >= 11 is 1.70. The standard InChI is InChI=1S/C14H26N4OS/c1-3-9-15-12(11-7-5-6-8-11)10-20-14-17-16-13(19)18(14)4-2/h11-12,15H,3-10H2,1-2H3,(H,16,19). The Labute approximate surface area is 124 Å². The smallest absolute Gasteiger partial charge is 0.313 e. The minimum atomic E-state index is -0.103. The maximum atomic E-state index is 11.6. The molecule has 0 saturated heterocycles. The number of hydrogen-bond donors (Lipinski definition) is 2. The van der Waals surface area contributed by atoms with Gasteiger partial charge >= 0.3 is 5.69 Å². The first-order chi connectivity index (χ1) is 9.76. The number of thioether (sulfide) groups is 1. The fourth-order valence-corrected chi connectivity index (χ4v) is 4.10.